The fourth-order valence-electron chi connectivity index (χ4n) is 1.22. The van der Waals surface area contributed by atoms with Crippen LogP contribution < -0.4 is 5.73 Å². The minimum absolute atomic E-state index is 0.0862. The predicted molar refractivity (Wildman–Crippen MR) is 72.9 cm³/mol. The molecule has 0 amide bonds. The normalized spacial score (nSPS) is 12.7. The van der Waals surface area contributed by atoms with E-state index >= 15 is 0 Å². The second-order valence-corrected chi connectivity index (χ2v) is 3.44. The lowest BCUT2D eigenvalue weighted by Gasteiger charge is -2.00. The summed E-state index contributed by atoms with van der Waals surface area (Å²) in [5.41, 5.74) is 6.46. The number of hydrogen-bond donors (Lipinski definition) is 1. The average Bonchev–Trinajstić information content (AvgIpc) is 2.39. The molecule has 0 saturated carbocycles. The van der Waals surface area contributed by atoms with Crippen LogP contribution in [0.15, 0.2) is 47.1 Å². The summed E-state index contributed by atoms with van der Waals surface area (Å²) in [6, 6.07) is 4.30. The van der Waals surface area contributed by atoms with Gasteiger partial charge in [-0.1, -0.05) is 18.1 Å². The summed E-state index contributed by atoms with van der Waals surface area (Å²) in [5.74, 6) is 1.82. The van der Waals surface area contributed by atoms with E-state index in [1.165, 1.54) is 18.2 Å². The Hall–Kier alpha value is -2.45. The number of nitrogens with zero attached hydrogens (tertiary/aromatic N) is 2. The van der Waals surface area contributed by atoms with E-state index in [1.807, 2.05) is 0 Å². The zero-order valence-corrected chi connectivity index (χ0v) is 10.5. The fourth-order valence-corrected chi connectivity index (χ4v) is 1.22. The van der Waals surface area contributed by atoms with Crippen LogP contribution >= 0.6 is 0 Å². The molecule has 0 bridgehead atoms. The Morgan fingerprint density at radius 3 is 3.05 bits per heavy atom. The largest absolute Gasteiger partial charge is 0.382 e. The number of terminal acetylenes is 1. The Morgan fingerprint density at radius 1 is 1.63 bits per heavy atom. The highest BCUT2D eigenvalue weighted by molar-refractivity contribution is 5.96. The quantitative estimate of drug-likeness (QED) is 0.287. The number of ether oxygens (including phenoxy) is 1. The first-order chi connectivity index (χ1) is 9.17. The van der Waals surface area contributed by atoms with E-state index < -0.39 is 5.95 Å². The van der Waals surface area contributed by atoms with E-state index in [4.69, 9.17) is 16.9 Å². The molecule has 19 heavy (non-hydrogen) atoms. The Labute approximate surface area is 111 Å². The van der Waals surface area contributed by atoms with E-state index in [0.717, 1.165) is 0 Å². The van der Waals surface area contributed by atoms with Gasteiger partial charge in [0.15, 0.2) is 0 Å². The zero-order chi connectivity index (χ0) is 14.1. The minimum Gasteiger partial charge on any atom is -0.382 e. The summed E-state index contributed by atoms with van der Waals surface area (Å²) in [7, 11) is 1.57. The molecular formula is C14H14FN3O. The molecule has 0 spiro atoms. The van der Waals surface area contributed by atoms with E-state index in [1.54, 1.807) is 25.3 Å². The number of nitrogens with two attached hydrogens (primary N) is 1. The first kappa shape index (κ1) is 14.6. The molecule has 1 heterocycles. The highest BCUT2D eigenvalue weighted by Crippen LogP contribution is 2.03. The van der Waals surface area contributed by atoms with Gasteiger partial charge >= 0.3 is 0 Å². The van der Waals surface area contributed by atoms with Gasteiger partial charge < -0.3 is 10.5 Å². The Morgan fingerprint density at radius 2 is 2.42 bits per heavy atom. The summed E-state index contributed by atoms with van der Waals surface area (Å²) < 4.78 is 17.8. The molecule has 0 fully saturated rings. The van der Waals surface area contributed by atoms with Gasteiger partial charge in [0.1, 0.15) is 11.5 Å². The zero-order valence-electron chi connectivity index (χ0n) is 10.5. The van der Waals surface area contributed by atoms with Crippen molar-refractivity contribution in [1.29, 1.82) is 0 Å². The topological polar surface area (TPSA) is 60.5 Å². The van der Waals surface area contributed by atoms with Gasteiger partial charge in [0, 0.05) is 13.2 Å². The number of halogens is 1. The van der Waals surface area contributed by atoms with Crippen molar-refractivity contribution in [3.05, 3.63) is 53.8 Å². The van der Waals surface area contributed by atoms with E-state index in [9.17, 15) is 4.39 Å². The third-order valence-corrected chi connectivity index (χ3v) is 2.01. The Balaban J connectivity index is 2.97. The van der Waals surface area contributed by atoms with Crippen LogP contribution in [0.25, 0.3) is 0 Å². The maximum Gasteiger partial charge on any atom is 0.213 e. The average molecular weight is 259 g/mol. The SMILES string of the molecule is C#C/C=C(\C=C/COC)N=C(N)c1cccc(F)n1. The van der Waals surface area contributed by atoms with Crippen LogP contribution in [-0.4, -0.2) is 24.5 Å². The van der Waals surface area contributed by atoms with Gasteiger partial charge in [0.25, 0.3) is 0 Å². The Bertz CT molecular complexity index is 556. The van der Waals surface area contributed by atoms with Crippen molar-refractivity contribution in [1.82, 2.24) is 4.98 Å². The van der Waals surface area contributed by atoms with Crippen molar-refractivity contribution in [2.45, 2.75) is 0 Å². The Kier molecular flexibility index (Phi) is 5.99. The number of methoxy groups -OCH3 is 1. The van der Waals surface area contributed by atoms with Crippen molar-refractivity contribution in [3.8, 4) is 12.3 Å². The minimum atomic E-state index is -0.618. The summed E-state index contributed by atoms with van der Waals surface area (Å²) in [4.78, 5) is 7.72. The van der Waals surface area contributed by atoms with Crippen LogP contribution in [0.4, 0.5) is 4.39 Å². The molecule has 0 radical (unpaired) electrons. The second-order valence-electron chi connectivity index (χ2n) is 3.44. The smallest absolute Gasteiger partial charge is 0.213 e. The molecule has 0 unspecified atom stereocenters. The number of aliphatic imine (C=N–C) groups is 1. The molecule has 98 valence electrons. The lowest BCUT2D eigenvalue weighted by Crippen LogP contribution is -2.15. The maximum absolute atomic E-state index is 13.0. The number of rotatable bonds is 5. The molecule has 1 aromatic heterocycles. The molecule has 1 rings (SSSR count). The standard InChI is InChI=1S/C14H14FN3O/c1-3-6-11(7-5-10-19-2)17-14(16)12-8-4-9-13(15)18-12/h1,4-9H,10H2,2H3,(H2,16,17)/b7-5-,11-6+. The second kappa shape index (κ2) is 7.80. The molecule has 0 atom stereocenters. The van der Waals surface area contributed by atoms with Crippen LogP contribution in [0, 0.1) is 18.3 Å². The van der Waals surface area contributed by atoms with Gasteiger partial charge in [-0.15, -0.1) is 6.42 Å². The number of aromatic nitrogens is 1. The molecule has 0 aliphatic heterocycles. The lowest BCUT2D eigenvalue weighted by atomic mass is 10.3. The molecule has 0 aromatic carbocycles. The number of pyridine rings is 1. The maximum atomic E-state index is 13.0. The molecule has 5 heteroatoms. The van der Waals surface area contributed by atoms with Crippen molar-refractivity contribution >= 4 is 5.84 Å². The van der Waals surface area contributed by atoms with Crippen LogP contribution in [0.5, 0.6) is 0 Å². The van der Waals surface area contributed by atoms with Gasteiger partial charge in [-0.3, -0.25) is 0 Å². The van der Waals surface area contributed by atoms with Crippen molar-refractivity contribution in [2.24, 2.45) is 10.7 Å². The molecular weight excluding hydrogens is 245 g/mol. The first-order valence-electron chi connectivity index (χ1n) is 5.46. The summed E-state index contributed by atoms with van der Waals surface area (Å²) in [6.07, 6.45) is 10.0. The van der Waals surface area contributed by atoms with Crippen molar-refractivity contribution in [3.63, 3.8) is 0 Å². The summed E-state index contributed by atoms with van der Waals surface area (Å²) >= 11 is 0. The number of amidine groups is 1. The van der Waals surface area contributed by atoms with Crippen LogP contribution in [0.3, 0.4) is 0 Å². The highest BCUT2D eigenvalue weighted by Gasteiger charge is 2.02. The van der Waals surface area contributed by atoms with Gasteiger partial charge in [-0.05, 0) is 18.2 Å². The van der Waals surface area contributed by atoms with Crippen LogP contribution in [0.2, 0.25) is 0 Å². The number of hydrogen-bond acceptors (Lipinski definition) is 3. The van der Waals surface area contributed by atoms with Crippen molar-refractivity contribution < 1.29 is 9.13 Å². The first-order valence-corrected chi connectivity index (χ1v) is 5.46. The van der Waals surface area contributed by atoms with E-state index in [2.05, 4.69) is 15.9 Å². The third kappa shape index (κ3) is 5.15. The third-order valence-electron chi connectivity index (χ3n) is 2.01. The van der Waals surface area contributed by atoms with Crippen molar-refractivity contribution in [2.75, 3.05) is 13.7 Å². The lowest BCUT2D eigenvalue weighted by molar-refractivity contribution is 0.234. The van der Waals surface area contributed by atoms with Gasteiger partial charge in [0.05, 0.1) is 12.3 Å². The van der Waals surface area contributed by atoms with Crippen LogP contribution in [-0.2, 0) is 4.74 Å². The molecule has 0 saturated heterocycles. The molecule has 4 nitrogen and oxygen atoms in total. The fraction of sp³-hybridized carbons (Fsp3) is 0.143. The monoisotopic (exact) mass is 259 g/mol. The van der Waals surface area contributed by atoms with E-state index in [0.29, 0.717) is 12.3 Å². The van der Waals surface area contributed by atoms with Crippen LogP contribution in [0.1, 0.15) is 5.69 Å². The van der Waals surface area contributed by atoms with Gasteiger partial charge in [0.2, 0.25) is 5.95 Å². The summed E-state index contributed by atoms with van der Waals surface area (Å²) in [5, 5.41) is 0. The molecule has 2 N–H and O–H groups in total. The molecule has 0 aliphatic carbocycles. The van der Waals surface area contributed by atoms with Gasteiger partial charge in [-0.2, -0.15) is 4.39 Å². The predicted octanol–water partition coefficient (Wildman–Crippen LogP) is 1.65. The summed E-state index contributed by atoms with van der Waals surface area (Å²) in [6.45, 7) is 0.426. The molecule has 1 aromatic rings. The van der Waals surface area contributed by atoms with E-state index in [-0.39, 0.29) is 11.5 Å². The number of allylic oxidation sites excluding steroid dienone is 2. The van der Waals surface area contributed by atoms with Gasteiger partial charge in [-0.25, -0.2) is 9.98 Å². The molecule has 0 aliphatic rings. The highest BCUT2D eigenvalue weighted by atomic mass is 19.1.